The van der Waals surface area contributed by atoms with Gasteiger partial charge in [0.15, 0.2) is 0 Å². The van der Waals surface area contributed by atoms with E-state index < -0.39 is 17.9 Å². The van der Waals surface area contributed by atoms with Crippen LogP contribution < -0.4 is 16.2 Å². The van der Waals surface area contributed by atoms with Crippen LogP contribution >= 0.6 is 0 Å². The van der Waals surface area contributed by atoms with E-state index in [1.807, 2.05) is 0 Å². The molecule has 16 heavy (non-hydrogen) atoms. The fraction of sp³-hybridized carbons (Fsp3) is 0.273. The second-order valence-corrected chi connectivity index (χ2v) is 3.52. The van der Waals surface area contributed by atoms with E-state index in [4.69, 9.17) is 5.73 Å². The zero-order chi connectivity index (χ0) is 12.1. The summed E-state index contributed by atoms with van der Waals surface area (Å²) in [5.41, 5.74) is 6.85. The average molecular weight is 221 g/mol. The summed E-state index contributed by atoms with van der Waals surface area (Å²) >= 11 is 0. The molecular weight excluding hydrogens is 208 g/mol. The number of carbonyl (C=O) groups excluding carboxylic acids is 2. The van der Waals surface area contributed by atoms with Crippen LogP contribution in [0.3, 0.4) is 0 Å². The van der Waals surface area contributed by atoms with Gasteiger partial charge >= 0.3 is 0 Å². The molecule has 0 aliphatic rings. The summed E-state index contributed by atoms with van der Waals surface area (Å²) in [7, 11) is 0. The van der Waals surface area contributed by atoms with Gasteiger partial charge in [0.05, 0.1) is 12.0 Å². The van der Waals surface area contributed by atoms with E-state index in [9.17, 15) is 14.7 Å². The maximum absolute atomic E-state index is 10.8. The minimum atomic E-state index is -1.31. The number of hydrogen-bond acceptors (Lipinski definition) is 4. The van der Waals surface area contributed by atoms with Gasteiger partial charge in [-0.15, -0.1) is 0 Å². The van der Waals surface area contributed by atoms with Gasteiger partial charge in [0.1, 0.15) is 0 Å². The molecule has 0 aromatic heterocycles. The Balaban J connectivity index is 2.75. The van der Waals surface area contributed by atoms with E-state index in [-0.39, 0.29) is 6.42 Å². The van der Waals surface area contributed by atoms with Crippen LogP contribution in [0.4, 0.5) is 5.69 Å². The highest BCUT2D eigenvalue weighted by Gasteiger charge is 2.11. The summed E-state index contributed by atoms with van der Waals surface area (Å²) in [5, 5.41) is 13.1. The Kier molecular flexibility index (Phi) is 3.88. The maximum Gasteiger partial charge on any atom is 0.217 e. The Morgan fingerprint density at radius 3 is 2.69 bits per heavy atom. The van der Waals surface area contributed by atoms with Crippen LogP contribution in [0.2, 0.25) is 0 Å². The molecule has 1 aromatic carbocycles. The molecule has 0 aliphatic carbocycles. The van der Waals surface area contributed by atoms with Gasteiger partial charge in [-0.2, -0.15) is 0 Å². The van der Waals surface area contributed by atoms with Crippen molar-refractivity contribution in [3.8, 4) is 0 Å². The van der Waals surface area contributed by atoms with Crippen molar-refractivity contribution in [1.82, 2.24) is 5.32 Å². The van der Waals surface area contributed by atoms with Crippen LogP contribution in [-0.2, 0) is 16.0 Å². The van der Waals surface area contributed by atoms with E-state index in [1.165, 1.54) is 6.92 Å². The molecule has 0 spiro atoms. The second-order valence-electron chi connectivity index (χ2n) is 3.52. The lowest BCUT2D eigenvalue weighted by Crippen LogP contribution is -2.48. The van der Waals surface area contributed by atoms with E-state index in [0.717, 1.165) is 5.56 Å². The van der Waals surface area contributed by atoms with Gasteiger partial charge in [0.25, 0.3) is 0 Å². The third kappa shape index (κ3) is 3.61. The maximum atomic E-state index is 10.8. The molecule has 3 N–H and O–H groups in total. The van der Waals surface area contributed by atoms with Crippen LogP contribution in [0.25, 0.3) is 0 Å². The number of carbonyl (C=O) groups is 2. The molecule has 0 saturated carbocycles. The molecule has 0 bridgehead atoms. The number of carboxylic acid groups (broad SMARTS) is 1. The number of carboxylic acids is 1. The van der Waals surface area contributed by atoms with Crippen LogP contribution in [-0.4, -0.2) is 17.9 Å². The van der Waals surface area contributed by atoms with Crippen molar-refractivity contribution in [3.63, 3.8) is 0 Å². The Morgan fingerprint density at radius 2 is 2.19 bits per heavy atom. The lowest BCUT2D eigenvalue weighted by molar-refractivity contribution is -0.308. The molecule has 1 amide bonds. The molecule has 1 aromatic rings. The zero-order valence-electron chi connectivity index (χ0n) is 8.90. The summed E-state index contributed by atoms with van der Waals surface area (Å²) < 4.78 is 0. The number of nitrogens with two attached hydrogens (primary N) is 1. The Morgan fingerprint density at radius 1 is 1.50 bits per heavy atom. The van der Waals surface area contributed by atoms with Gasteiger partial charge < -0.3 is 21.0 Å². The highest BCUT2D eigenvalue weighted by atomic mass is 16.4. The summed E-state index contributed by atoms with van der Waals surface area (Å²) in [5.74, 6) is -1.71. The number of nitrogens with one attached hydrogen (secondary N) is 1. The molecule has 86 valence electrons. The third-order valence-electron chi connectivity index (χ3n) is 2.05. The van der Waals surface area contributed by atoms with Crippen molar-refractivity contribution in [3.05, 3.63) is 29.8 Å². The van der Waals surface area contributed by atoms with Crippen LogP contribution in [0.15, 0.2) is 24.3 Å². The monoisotopic (exact) mass is 221 g/mol. The lowest BCUT2D eigenvalue weighted by atomic mass is 10.1. The number of amides is 1. The first-order chi connectivity index (χ1) is 7.49. The fourth-order valence-corrected chi connectivity index (χ4v) is 1.39. The summed E-state index contributed by atoms with van der Waals surface area (Å²) in [6.07, 6.45) is 0.160. The minimum absolute atomic E-state index is 0.160. The molecule has 5 nitrogen and oxygen atoms in total. The Bertz CT molecular complexity index is 404. The molecule has 0 aliphatic heterocycles. The predicted octanol–water partition coefficient (Wildman–Crippen LogP) is -0.934. The molecular formula is C11H13N2O3-. The Labute approximate surface area is 93.3 Å². The molecule has 0 fully saturated rings. The number of benzene rings is 1. The van der Waals surface area contributed by atoms with Crippen molar-refractivity contribution in [1.29, 1.82) is 0 Å². The number of hydrogen-bond donors (Lipinski definition) is 2. The van der Waals surface area contributed by atoms with Crippen LogP contribution in [0.5, 0.6) is 0 Å². The molecule has 1 unspecified atom stereocenters. The summed E-state index contributed by atoms with van der Waals surface area (Å²) in [6, 6.07) is 5.81. The largest absolute Gasteiger partial charge is 0.548 e. The van der Waals surface area contributed by atoms with E-state index >= 15 is 0 Å². The summed E-state index contributed by atoms with van der Waals surface area (Å²) in [6.45, 7) is 1.26. The van der Waals surface area contributed by atoms with Gasteiger partial charge in [-0.3, -0.25) is 4.79 Å². The highest BCUT2D eigenvalue weighted by molar-refractivity contribution is 5.81. The average Bonchev–Trinajstić information content (AvgIpc) is 2.15. The molecule has 0 radical (unpaired) electrons. The van der Waals surface area contributed by atoms with E-state index in [2.05, 4.69) is 5.32 Å². The first-order valence-corrected chi connectivity index (χ1v) is 4.81. The van der Waals surface area contributed by atoms with Crippen LogP contribution in [0, 0.1) is 0 Å². The molecule has 1 rings (SSSR count). The van der Waals surface area contributed by atoms with Crippen LogP contribution in [0.1, 0.15) is 12.5 Å². The van der Waals surface area contributed by atoms with E-state index in [1.54, 1.807) is 24.3 Å². The van der Waals surface area contributed by atoms with Gasteiger partial charge in [0.2, 0.25) is 5.91 Å². The zero-order valence-corrected chi connectivity index (χ0v) is 8.90. The molecule has 0 heterocycles. The Hall–Kier alpha value is -2.04. The van der Waals surface area contributed by atoms with Crippen molar-refractivity contribution < 1.29 is 14.7 Å². The third-order valence-corrected chi connectivity index (χ3v) is 2.05. The summed E-state index contributed by atoms with van der Waals surface area (Å²) in [4.78, 5) is 21.6. The first-order valence-electron chi connectivity index (χ1n) is 4.81. The molecule has 5 heteroatoms. The highest BCUT2D eigenvalue weighted by Crippen LogP contribution is 2.08. The fourth-order valence-electron chi connectivity index (χ4n) is 1.39. The topological polar surface area (TPSA) is 95.2 Å². The van der Waals surface area contributed by atoms with Crippen molar-refractivity contribution in [2.45, 2.75) is 19.4 Å². The number of rotatable bonds is 4. The minimum Gasteiger partial charge on any atom is -0.548 e. The standard InChI is InChI=1S/C11H14N2O3/c1-7(14)13-10(11(15)16)6-8-3-2-4-9(12)5-8/h2-5,10H,6,12H2,1H3,(H,13,14)(H,15,16)/p-1. The van der Waals surface area contributed by atoms with Gasteiger partial charge in [-0.1, -0.05) is 12.1 Å². The van der Waals surface area contributed by atoms with Crippen molar-refractivity contribution >= 4 is 17.6 Å². The van der Waals surface area contributed by atoms with Gasteiger partial charge in [0, 0.05) is 12.6 Å². The first kappa shape index (κ1) is 12.0. The number of anilines is 1. The number of nitrogen functional groups attached to an aromatic ring is 1. The van der Waals surface area contributed by atoms with Gasteiger partial charge in [-0.05, 0) is 24.1 Å². The number of aliphatic carboxylic acids is 1. The SMILES string of the molecule is CC(=O)NC(Cc1cccc(N)c1)C(=O)[O-]. The smallest absolute Gasteiger partial charge is 0.217 e. The molecule has 1 atom stereocenters. The van der Waals surface area contributed by atoms with Crippen molar-refractivity contribution in [2.24, 2.45) is 0 Å². The lowest BCUT2D eigenvalue weighted by Gasteiger charge is -2.18. The quantitative estimate of drug-likeness (QED) is 0.642. The second kappa shape index (κ2) is 5.16. The van der Waals surface area contributed by atoms with E-state index in [0.29, 0.717) is 5.69 Å². The predicted molar refractivity (Wildman–Crippen MR) is 57.2 cm³/mol. The van der Waals surface area contributed by atoms with Gasteiger partial charge in [-0.25, -0.2) is 0 Å². The molecule has 0 saturated heterocycles. The van der Waals surface area contributed by atoms with Crippen molar-refractivity contribution in [2.75, 3.05) is 5.73 Å². The normalized spacial score (nSPS) is 11.8.